The molecule has 0 unspecified atom stereocenters. The van der Waals surface area contributed by atoms with E-state index in [1.54, 1.807) is 10.9 Å². The van der Waals surface area contributed by atoms with Crippen LogP contribution in [-0.4, -0.2) is 25.8 Å². The molecule has 2 N–H and O–H groups in total. The van der Waals surface area contributed by atoms with Crippen molar-refractivity contribution in [2.24, 2.45) is 5.92 Å². The Morgan fingerprint density at radius 2 is 2.05 bits per heavy atom. The molecule has 2 aromatic rings. The van der Waals surface area contributed by atoms with Gasteiger partial charge in [0.2, 0.25) is 0 Å². The fraction of sp³-hybridized carbons (Fsp3) is 0.571. The van der Waals surface area contributed by atoms with E-state index in [1.807, 2.05) is 6.92 Å². The number of aryl methyl sites for hydroxylation is 1. The van der Waals surface area contributed by atoms with Crippen molar-refractivity contribution in [1.82, 2.24) is 14.1 Å². The molecule has 0 saturated heterocycles. The molecule has 0 bridgehead atoms. The summed E-state index contributed by atoms with van der Waals surface area (Å²) in [6, 6.07) is 0. The number of aliphatic hydroxyl groups excluding tert-OH is 1. The van der Waals surface area contributed by atoms with Gasteiger partial charge in [0, 0.05) is 18.8 Å². The maximum Gasteiger partial charge on any atom is 0.145 e. The van der Waals surface area contributed by atoms with Crippen LogP contribution in [0.4, 0.5) is 0 Å². The quantitative estimate of drug-likeness (QED) is 0.878. The van der Waals surface area contributed by atoms with E-state index >= 15 is 0 Å². The molecule has 0 atom stereocenters. The Morgan fingerprint density at radius 1 is 1.37 bits per heavy atom. The number of aliphatic hydroxyl groups is 1. The Balaban J connectivity index is 2.72. The summed E-state index contributed by atoms with van der Waals surface area (Å²) in [6.07, 6.45) is 1.65. The third-order valence-corrected chi connectivity index (χ3v) is 3.53. The smallest absolute Gasteiger partial charge is 0.145 e. The van der Waals surface area contributed by atoms with E-state index in [2.05, 4.69) is 30.3 Å². The van der Waals surface area contributed by atoms with E-state index in [9.17, 15) is 0 Å². The Kier molecular flexibility index (Phi) is 3.75. The van der Waals surface area contributed by atoms with Crippen molar-refractivity contribution in [3.05, 3.63) is 23.1 Å². The Morgan fingerprint density at radius 3 is 2.63 bits per heavy atom. The van der Waals surface area contributed by atoms with Gasteiger partial charge < -0.3 is 14.2 Å². The van der Waals surface area contributed by atoms with Gasteiger partial charge >= 0.3 is 0 Å². The lowest BCUT2D eigenvalue weighted by molar-refractivity contribution is 0.273. The van der Waals surface area contributed by atoms with Gasteiger partial charge in [-0.15, -0.1) is 0 Å². The Bertz CT molecular complexity index is 651. The molecule has 5 nitrogen and oxygen atoms in total. The zero-order valence-corrected chi connectivity index (χ0v) is 12.1. The van der Waals surface area contributed by atoms with Crippen molar-refractivity contribution in [3.63, 3.8) is 0 Å². The summed E-state index contributed by atoms with van der Waals surface area (Å²) in [6.45, 7) is 9.82. The van der Waals surface area contributed by atoms with Gasteiger partial charge in [0.05, 0.1) is 18.3 Å². The first kappa shape index (κ1) is 13.8. The second kappa shape index (κ2) is 5.17. The molecule has 2 rings (SSSR count). The summed E-state index contributed by atoms with van der Waals surface area (Å²) < 4.78 is 3.88. The molecule has 0 saturated carbocycles. The van der Waals surface area contributed by atoms with Gasteiger partial charge in [-0.25, -0.2) is 4.98 Å². The number of nitrogens with zero attached hydrogens (tertiary/aromatic N) is 3. The molecule has 19 heavy (non-hydrogen) atoms. The largest absolute Gasteiger partial charge is 0.395 e. The van der Waals surface area contributed by atoms with E-state index in [-0.39, 0.29) is 6.61 Å². The zero-order chi connectivity index (χ0) is 14.2. The minimum Gasteiger partial charge on any atom is -0.395 e. The molecule has 0 amide bonds. The van der Waals surface area contributed by atoms with Crippen LogP contribution in [-0.2, 0) is 13.1 Å². The third-order valence-electron chi connectivity index (χ3n) is 3.53. The summed E-state index contributed by atoms with van der Waals surface area (Å²) in [5, 5.41) is 18.2. The lowest BCUT2D eigenvalue weighted by atomic mass is 10.2. The Labute approximate surface area is 113 Å². The van der Waals surface area contributed by atoms with Crippen LogP contribution in [0.1, 0.15) is 25.1 Å². The first-order chi connectivity index (χ1) is 8.97. The first-order valence-corrected chi connectivity index (χ1v) is 6.67. The zero-order valence-electron chi connectivity index (χ0n) is 12.1. The van der Waals surface area contributed by atoms with Gasteiger partial charge in [-0.1, -0.05) is 13.8 Å². The number of aromatic nitrogens is 3. The van der Waals surface area contributed by atoms with Gasteiger partial charge in [0.25, 0.3) is 0 Å². The second-order valence-electron chi connectivity index (χ2n) is 5.42. The molecule has 2 aromatic heterocycles. The topological polar surface area (TPSA) is 66.8 Å². The number of hydrogen-bond acceptors (Lipinski definition) is 3. The monoisotopic (exact) mass is 262 g/mol. The number of fused-ring (bicyclic) bond motifs is 1. The van der Waals surface area contributed by atoms with Crippen LogP contribution in [0.3, 0.4) is 0 Å². The van der Waals surface area contributed by atoms with Gasteiger partial charge in [0.15, 0.2) is 0 Å². The average molecular weight is 262 g/mol. The minimum absolute atomic E-state index is 0.0223. The maximum atomic E-state index is 9.03. The molecule has 0 aliphatic heterocycles. The fourth-order valence-corrected chi connectivity index (χ4v) is 2.45. The number of nitrogens with one attached hydrogen (secondary N) is 1. The number of hydrogen-bond donors (Lipinski definition) is 2. The van der Waals surface area contributed by atoms with Crippen LogP contribution < -0.4 is 5.49 Å². The highest BCUT2D eigenvalue weighted by Crippen LogP contribution is 2.21. The summed E-state index contributed by atoms with van der Waals surface area (Å²) in [7, 11) is 0. The average Bonchev–Trinajstić information content (AvgIpc) is 2.58. The van der Waals surface area contributed by atoms with E-state index in [1.165, 1.54) is 5.69 Å². The lowest BCUT2D eigenvalue weighted by Gasteiger charge is -2.11. The Hall–Kier alpha value is -1.62. The van der Waals surface area contributed by atoms with Gasteiger partial charge in [-0.3, -0.25) is 5.41 Å². The molecular formula is C14H22N4O. The molecule has 2 heterocycles. The summed E-state index contributed by atoms with van der Waals surface area (Å²) in [5.74, 6) is 0.537. The van der Waals surface area contributed by atoms with Crippen molar-refractivity contribution in [2.75, 3.05) is 6.61 Å². The summed E-state index contributed by atoms with van der Waals surface area (Å²) in [4.78, 5) is 4.49. The first-order valence-electron chi connectivity index (χ1n) is 6.67. The van der Waals surface area contributed by atoms with Crippen molar-refractivity contribution in [3.8, 4) is 0 Å². The maximum absolute atomic E-state index is 9.03. The van der Waals surface area contributed by atoms with Crippen LogP contribution in [0.2, 0.25) is 0 Å². The molecule has 0 spiro atoms. The van der Waals surface area contributed by atoms with E-state index in [4.69, 9.17) is 10.5 Å². The van der Waals surface area contributed by atoms with Crippen molar-refractivity contribution in [1.29, 1.82) is 5.41 Å². The van der Waals surface area contributed by atoms with E-state index in [0.29, 0.717) is 18.0 Å². The molecular weight excluding hydrogens is 240 g/mol. The van der Waals surface area contributed by atoms with Crippen LogP contribution in [0.25, 0.3) is 11.0 Å². The molecule has 104 valence electrons. The number of rotatable bonds is 4. The molecule has 0 aliphatic rings. The summed E-state index contributed by atoms with van der Waals surface area (Å²) >= 11 is 0. The third kappa shape index (κ3) is 2.30. The van der Waals surface area contributed by atoms with E-state index < -0.39 is 0 Å². The highest BCUT2D eigenvalue weighted by atomic mass is 16.3. The van der Waals surface area contributed by atoms with Crippen molar-refractivity contribution >= 4 is 11.0 Å². The van der Waals surface area contributed by atoms with Crippen LogP contribution in [0.5, 0.6) is 0 Å². The highest BCUT2D eigenvalue weighted by molar-refractivity contribution is 5.80. The minimum atomic E-state index is 0.0223. The van der Waals surface area contributed by atoms with E-state index in [0.717, 1.165) is 23.1 Å². The molecule has 0 fully saturated rings. The second-order valence-corrected chi connectivity index (χ2v) is 5.42. The molecule has 0 aliphatic carbocycles. The molecule has 5 heteroatoms. The van der Waals surface area contributed by atoms with Gasteiger partial charge in [-0.05, 0) is 25.3 Å². The normalized spacial score (nSPS) is 11.7. The molecule has 0 aromatic carbocycles. The lowest BCUT2D eigenvalue weighted by Crippen LogP contribution is -2.22. The standard InChI is InChI=1S/C14H22N4O/c1-9(2)7-18-11(4)10(3)12-13(15)17(5-6-19)8-16-14(12)18/h8-9,15,19H,5-7H2,1-4H3. The molecule has 0 radical (unpaired) electrons. The SMILES string of the molecule is Cc1c(C)n(CC(C)C)c2ncn(CCO)c(=N)c12. The predicted octanol–water partition coefficient (Wildman–Crippen LogP) is 1.58. The predicted molar refractivity (Wildman–Crippen MR) is 75.0 cm³/mol. The van der Waals surface area contributed by atoms with Crippen LogP contribution >= 0.6 is 0 Å². The van der Waals surface area contributed by atoms with Crippen LogP contribution in [0, 0.1) is 25.2 Å². The van der Waals surface area contributed by atoms with Crippen molar-refractivity contribution < 1.29 is 5.11 Å². The van der Waals surface area contributed by atoms with Crippen molar-refractivity contribution in [2.45, 2.75) is 40.8 Å². The highest BCUT2D eigenvalue weighted by Gasteiger charge is 2.15. The van der Waals surface area contributed by atoms with Crippen LogP contribution in [0.15, 0.2) is 6.33 Å². The van der Waals surface area contributed by atoms with Gasteiger partial charge in [-0.2, -0.15) is 0 Å². The fourth-order valence-electron chi connectivity index (χ4n) is 2.45. The van der Waals surface area contributed by atoms with Gasteiger partial charge in [0.1, 0.15) is 11.1 Å². The summed E-state index contributed by atoms with van der Waals surface area (Å²) in [5.41, 5.74) is 3.59.